The molecule has 4 heteroatoms. The topological polar surface area (TPSA) is 44.4 Å². The molecule has 0 heterocycles. The van der Waals surface area contributed by atoms with Crippen molar-refractivity contribution in [2.45, 2.75) is 33.2 Å². The Bertz CT molecular complexity index is 432. The van der Waals surface area contributed by atoms with Crippen molar-refractivity contribution in [3.63, 3.8) is 0 Å². The number of aryl methyl sites for hydroxylation is 1. The van der Waals surface area contributed by atoms with E-state index in [0.717, 1.165) is 26.1 Å². The highest BCUT2D eigenvalue weighted by Crippen LogP contribution is 2.21. The van der Waals surface area contributed by atoms with Crippen molar-refractivity contribution in [1.82, 2.24) is 10.6 Å². The number of hydrogen-bond acceptors (Lipinski definition) is 3. The van der Waals surface area contributed by atoms with Gasteiger partial charge < -0.3 is 15.5 Å². The first-order chi connectivity index (χ1) is 9.58. The molecular weight excluding hydrogens is 250 g/mol. The zero-order valence-electron chi connectivity index (χ0n) is 13.1. The fraction of sp³-hybridized carbons (Fsp3) is 0.562. The van der Waals surface area contributed by atoms with Gasteiger partial charge in [0.25, 0.3) is 0 Å². The molecule has 2 N–H and O–H groups in total. The molecule has 0 aromatic heterocycles. The molecule has 1 amide bonds. The maximum atomic E-state index is 11.3. The quantitative estimate of drug-likeness (QED) is 0.715. The number of anilines is 1. The summed E-state index contributed by atoms with van der Waals surface area (Å²) in [7, 11) is 3.71. The van der Waals surface area contributed by atoms with Gasteiger partial charge in [0.2, 0.25) is 5.91 Å². The van der Waals surface area contributed by atoms with Gasteiger partial charge in [0.15, 0.2) is 0 Å². The van der Waals surface area contributed by atoms with Crippen LogP contribution < -0.4 is 15.5 Å². The van der Waals surface area contributed by atoms with Crippen LogP contribution in [0.15, 0.2) is 18.2 Å². The first kappa shape index (κ1) is 16.5. The lowest BCUT2D eigenvalue weighted by molar-refractivity contribution is -0.120. The fourth-order valence-electron chi connectivity index (χ4n) is 2.14. The summed E-state index contributed by atoms with van der Waals surface area (Å²) in [6, 6.07) is 6.48. The Labute approximate surface area is 122 Å². The number of benzene rings is 1. The van der Waals surface area contributed by atoms with Crippen LogP contribution in [-0.4, -0.2) is 33.1 Å². The maximum Gasteiger partial charge on any atom is 0.221 e. The summed E-state index contributed by atoms with van der Waals surface area (Å²) in [5.74, 6) is 0.0784. The maximum absolute atomic E-state index is 11.3. The van der Waals surface area contributed by atoms with Crippen molar-refractivity contribution < 1.29 is 4.79 Å². The van der Waals surface area contributed by atoms with Crippen LogP contribution in [0.3, 0.4) is 0 Å². The highest BCUT2D eigenvalue weighted by molar-refractivity contribution is 5.76. The molecule has 0 radical (unpaired) electrons. The molecule has 1 rings (SSSR count). The third-order valence-electron chi connectivity index (χ3n) is 3.34. The highest BCUT2D eigenvalue weighted by atomic mass is 16.1. The summed E-state index contributed by atoms with van der Waals surface area (Å²) in [6.45, 7) is 6.89. The summed E-state index contributed by atoms with van der Waals surface area (Å²) in [5, 5.41) is 6.10. The third-order valence-corrected chi connectivity index (χ3v) is 3.34. The van der Waals surface area contributed by atoms with Gasteiger partial charge in [-0.15, -0.1) is 0 Å². The molecule has 0 unspecified atom stereocenters. The van der Waals surface area contributed by atoms with E-state index in [1.165, 1.54) is 16.8 Å². The lowest BCUT2D eigenvalue weighted by atomic mass is 10.1. The van der Waals surface area contributed by atoms with Gasteiger partial charge in [0, 0.05) is 39.3 Å². The van der Waals surface area contributed by atoms with E-state index in [0.29, 0.717) is 6.42 Å². The van der Waals surface area contributed by atoms with Crippen molar-refractivity contribution in [1.29, 1.82) is 0 Å². The molecule has 0 aliphatic rings. The summed E-state index contributed by atoms with van der Waals surface area (Å²) in [4.78, 5) is 13.5. The summed E-state index contributed by atoms with van der Waals surface area (Å²) >= 11 is 0. The number of rotatable bonds is 8. The Morgan fingerprint density at radius 1 is 1.35 bits per heavy atom. The van der Waals surface area contributed by atoms with E-state index in [1.807, 2.05) is 7.05 Å². The largest absolute Gasteiger partial charge is 0.374 e. The van der Waals surface area contributed by atoms with Crippen molar-refractivity contribution >= 4 is 11.6 Å². The van der Waals surface area contributed by atoms with Gasteiger partial charge >= 0.3 is 0 Å². The Hall–Kier alpha value is -1.55. The fourth-order valence-corrected chi connectivity index (χ4v) is 2.14. The molecule has 0 aliphatic heterocycles. The molecule has 0 aliphatic carbocycles. The number of amides is 1. The number of nitrogens with zero attached hydrogens (tertiary/aromatic N) is 1. The van der Waals surface area contributed by atoms with Crippen molar-refractivity contribution in [2.24, 2.45) is 0 Å². The van der Waals surface area contributed by atoms with E-state index in [9.17, 15) is 4.79 Å². The second-order valence-electron chi connectivity index (χ2n) is 5.15. The molecule has 0 bridgehead atoms. The first-order valence-electron chi connectivity index (χ1n) is 7.30. The Balaban J connectivity index is 2.73. The van der Waals surface area contributed by atoms with Gasteiger partial charge in [-0.05, 0) is 31.5 Å². The third kappa shape index (κ3) is 5.21. The second-order valence-corrected chi connectivity index (χ2v) is 5.15. The van der Waals surface area contributed by atoms with Gasteiger partial charge in [0.05, 0.1) is 0 Å². The minimum Gasteiger partial charge on any atom is -0.374 e. The minimum atomic E-state index is 0.0784. The Morgan fingerprint density at radius 3 is 2.75 bits per heavy atom. The van der Waals surface area contributed by atoms with Crippen LogP contribution in [0.2, 0.25) is 0 Å². The SMILES string of the molecule is CCCNCc1cc(C)ccc1N(C)CCC(=O)NC. The van der Waals surface area contributed by atoms with Crippen LogP contribution in [0.5, 0.6) is 0 Å². The predicted molar refractivity (Wildman–Crippen MR) is 85.1 cm³/mol. The van der Waals surface area contributed by atoms with Crippen molar-refractivity contribution in [2.75, 3.05) is 32.1 Å². The van der Waals surface area contributed by atoms with Gasteiger partial charge in [-0.2, -0.15) is 0 Å². The highest BCUT2D eigenvalue weighted by Gasteiger charge is 2.09. The van der Waals surface area contributed by atoms with Crippen molar-refractivity contribution in [3.05, 3.63) is 29.3 Å². The molecule has 0 atom stereocenters. The monoisotopic (exact) mass is 277 g/mol. The van der Waals surface area contributed by atoms with E-state index < -0.39 is 0 Å². The van der Waals surface area contributed by atoms with E-state index >= 15 is 0 Å². The summed E-state index contributed by atoms with van der Waals surface area (Å²) in [5.41, 5.74) is 3.75. The lowest BCUT2D eigenvalue weighted by Crippen LogP contribution is -2.27. The molecule has 112 valence electrons. The molecule has 20 heavy (non-hydrogen) atoms. The number of hydrogen-bond donors (Lipinski definition) is 2. The van der Waals surface area contributed by atoms with E-state index in [-0.39, 0.29) is 5.91 Å². The van der Waals surface area contributed by atoms with Crippen LogP contribution in [0, 0.1) is 6.92 Å². The smallest absolute Gasteiger partial charge is 0.221 e. The molecule has 1 aromatic rings. The van der Waals surface area contributed by atoms with Gasteiger partial charge in [-0.1, -0.05) is 24.6 Å². The first-order valence-corrected chi connectivity index (χ1v) is 7.30. The van der Waals surface area contributed by atoms with Crippen LogP contribution >= 0.6 is 0 Å². The van der Waals surface area contributed by atoms with Gasteiger partial charge in [0.1, 0.15) is 0 Å². The molecule has 1 aromatic carbocycles. The number of carbonyl (C=O) groups is 1. The molecule has 0 spiro atoms. The Kier molecular flexibility index (Phi) is 7.09. The van der Waals surface area contributed by atoms with Crippen LogP contribution in [0.25, 0.3) is 0 Å². The lowest BCUT2D eigenvalue weighted by Gasteiger charge is -2.23. The van der Waals surface area contributed by atoms with Gasteiger partial charge in [-0.3, -0.25) is 4.79 Å². The predicted octanol–water partition coefficient (Wildman–Crippen LogP) is 2.07. The minimum absolute atomic E-state index is 0.0784. The zero-order chi connectivity index (χ0) is 15.0. The normalized spacial score (nSPS) is 10.4. The van der Waals surface area contributed by atoms with Crippen LogP contribution in [-0.2, 0) is 11.3 Å². The summed E-state index contributed by atoms with van der Waals surface area (Å²) < 4.78 is 0. The molecular formula is C16H27N3O. The Morgan fingerprint density at radius 2 is 2.10 bits per heavy atom. The number of carbonyl (C=O) groups excluding carboxylic acids is 1. The number of nitrogens with one attached hydrogen (secondary N) is 2. The van der Waals surface area contributed by atoms with E-state index in [1.54, 1.807) is 7.05 Å². The zero-order valence-corrected chi connectivity index (χ0v) is 13.1. The van der Waals surface area contributed by atoms with E-state index in [4.69, 9.17) is 0 Å². The van der Waals surface area contributed by atoms with Crippen molar-refractivity contribution in [3.8, 4) is 0 Å². The standard InChI is InChI=1S/C16H27N3O/c1-5-9-18-12-14-11-13(2)6-7-15(14)19(4)10-8-16(20)17-3/h6-7,11,18H,5,8-10,12H2,1-4H3,(H,17,20). The average Bonchev–Trinajstić information content (AvgIpc) is 2.44. The molecule has 0 saturated heterocycles. The van der Waals surface area contributed by atoms with E-state index in [2.05, 4.69) is 47.6 Å². The van der Waals surface area contributed by atoms with Crippen LogP contribution in [0.1, 0.15) is 30.9 Å². The van der Waals surface area contributed by atoms with Gasteiger partial charge in [-0.25, -0.2) is 0 Å². The molecule has 4 nitrogen and oxygen atoms in total. The summed E-state index contributed by atoms with van der Waals surface area (Å²) in [6.07, 6.45) is 1.65. The molecule has 0 fully saturated rings. The average molecular weight is 277 g/mol. The molecule has 0 saturated carbocycles. The second kappa shape index (κ2) is 8.59. The van der Waals surface area contributed by atoms with Crippen LogP contribution in [0.4, 0.5) is 5.69 Å².